The molecular weight excluding hydrogens is 148 g/mol. The molecule has 0 radical (unpaired) electrons. The van der Waals surface area contributed by atoms with E-state index in [0.717, 1.165) is 8.83 Å². The molecule has 48 valence electrons. The zero-order valence-electron chi connectivity index (χ0n) is 4.14. The second-order valence-electron chi connectivity index (χ2n) is 1.07. The summed E-state index contributed by atoms with van der Waals surface area (Å²) in [6.07, 6.45) is -1.10. The second-order valence-corrected chi connectivity index (χ2v) is 2.15. The molecule has 0 aromatic heterocycles. The van der Waals surface area contributed by atoms with Gasteiger partial charge in [-0.3, -0.25) is 0 Å². The Balaban J connectivity index is 3.64. The summed E-state index contributed by atoms with van der Waals surface area (Å²) in [7, 11) is 1.32. The van der Waals surface area contributed by atoms with E-state index in [9.17, 15) is 4.79 Å². The summed E-state index contributed by atoms with van der Waals surface area (Å²) in [5.74, 6) is 0. The minimum atomic E-state index is -1.10. The third-order valence-electron chi connectivity index (χ3n) is 0.545. The molecule has 0 atom stereocenters. The molecule has 0 heterocycles. The van der Waals surface area contributed by atoms with Gasteiger partial charge < -0.3 is 5.11 Å². The Bertz CT molecular complexity index is 96.0. The molecule has 0 saturated heterocycles. The molecule has 0 aliphatic rings. The molecule has 0 saturated carbocycles. The Morgan fingerprint density at radius 3 is 2.00 bits per heavy atom. The van der Waals surface area contributed by atoms with Gasteiger partial charge in [0.2, 0.25) is 0 Å². The Morgan fingerprint density at radius 2 is 2.00 bits per heavy atom. The highest BCUT2D eigenvalue weighted by Gasteiger charge is 2.06. The molecule has 0 fully saturated rings. The van der Waals surface area contributed by atoms with E-state index in [1.807, 2.05) is 0 Å². The number of hydrazine groups is 1. The second kappa shape index (κ2) is 3.06. The Morgan fingerprint density at radius 1 is 1.62 bits per heavy atom. The van der Waals surface area contributed by atoms with E-state index in [4.69, 9.17) is 5.11 Å². The molecule has 0 aliphatic carbocycles. The average molecular weight is 154 g/mol. The maximum Gasteiger partial charge on any atom is 0.423 e. The predicted molar refractivity (Wildman–Crippen MR) is 35.6 cm³/mol. The van der Waals surface area contributed by atoms with Crippen molar-refractivity contribution in [1.29, 1.82) is 0 Å². The van der Waals surface area contributed by atoms with E-state index in [0.29, 0.717) is 0 Å². The Hall–Kier alpha value is -0.0700. The van der Waals surface area contributed by atoms with Crippen LogP contribution in [0.15, 0.2) is 0 Å². The Kier molecular flexibility index (Phi) is 3.03. The number of nitrogens with zero attached hydrogens (tertiary/aromatic N) is 2. The first kappa shape index (κ1) is 7.93. The van der Waals surface area contributed by atoms with Crippen molar-refractivity contribution < 1.29 is 9.90 Å². The zero-order chi connectivity index (χ0) is 6.73. The molecule has 0 aliphatic heterocycles. The molecule has 4 nitrogen and oxygen atoms in total. The van der Waals surface area contributed by atoms with E-state index in [2.05, 4.69) is 25.6 Å². The fourth-order valence-corrected chi connectivity index (χ4v) is 0.230. The van der Waals surface area contributed by atoms with Gasteiger partial charge in [-0.05, 0) is 0 Å². The zero-order valence-corrected chi connectivity index (χ0v) is 5.93. The van der Waals surface area contributed by atoms with Crippen LogP contribution in [0.2, 0.25) is 0 Å². The predicted octanol–water partition coefficient (Wildman–Crippen LogP) is 0.503. The molecule has 1 N–H and O–H groups in total. The van der Waals surface area contributed by atoms with Crippen molar-refractivity contribution in [1.82, 2.24) is 8.83 Å². The van der Waals surface area contributed by atoms with Crippen LogP contribution in [-0.4, -0.2) is 27.1 Å². The third kappa shape index (κ3) is 2.29. The van der Waals surface area contributed by atoms with Crippen molar-refractivity contribution >= 4 is 31.7 Å². The highest BCUT2D eigenvalue weighted by atomic mass is 32.2. The number of carboxylic acid groups (broad SMARTS) is 1. The molecule has 0 spiro atoms. The molecule has 8 heavy (non-hydrogen) atoms. The van der Waals surface area contributed by atoms with Crippen LogP contribution in [-0.2, 0) is 0 Å². The molecule has 6 heteroatoms. The quantitative estimate of drug-likeness (QED) is 0.381. The van der Waals surface area contributed by atoms with E-state index < -0.39 is 6.09 Å². The van der Waals surface area contributed by atoms with Crippen LogP contribution in [0.5, 0.6) is 0 Å². The lowest BCUT2D eigenvalue weighted by molar-refractivity contribution is 0.126. The fraction of sp³-hybridized carbons (Fsp3) is 0.500. The topological polar surface area (TPSA) is 43.8 Å². The first-order valence-electron chi connectivity index (χ1n) is 1.70. The summed E-state index contributed by atoms with van der Waals surface area (Å²) in [4.78, 5) is 9.93. The van der Waals surface area contributed by atoms with E-state index >= 15 is 0 Å². The summed E-state index contributed by atoms with van der Waals surface area (Å²) in [5.41, 5.74) is 0. The Labute approximate surface area is 58.1 Å². The van der Waals surface area contributed by atoms with Gasteiger partial charge >= 0.3 is 6.09 Å². The summed E-state index contributed by atoms with van der Waals surface area (Å²) in [6, 6.07) is 0. The van der Waals surface area contributed by atoms with Gasteiger partial charge in [0.1, 0.15) is 0 Å². The number of thiol groups is 2. The van der Waals surface area contributed by atoms with Crippen LogP contribution in [0.25, 0.3) is 0 Å². The molecular formula is C2H6N2O2S2. The fourth-order valence-electron chi connectivity index (χ4n) is 0.0765. The first-order valence-corrected chi connectivity index (χ1v) is 2.50. The van der Waals surface area contributed by atoms with Gasteiger partial charge in [-0.2, -0.15) is 0 Å². The summed E-state index contributed by atoms with van der Waals surface area (Å²) in [6.45, 7) is 0. The van der Waals surface area contributed by atoms with Gasteiger partial charge in [0, 0.05) is 7.05 Å². The maximum absolute atomic E-state index is 9.93. The van der Waals surface area contributed by atoms with Gasteiger partial charge in [-0.1, -0.05) is 25.6 Å². The number of hydrogen-bond donors (Lipinski definition) is 3. The molecule has 0 unspecified atom stereocenters. The lowest BCUT2D eigenvalue weighted by Gasteiger charge is -2.16. The SMILES string of the molecule is CN(C(=O)O)N(S)S. The maximum atomic E-state index is 9.93. The number of rotatable bonds is 1. The van der Waals surface area contributed by atoms with Crippen LogP contribution >= 0.6 is 25.6 Å². The van der Waals surface area contributed by atoms with Crippen molar-refractivity contribution in [3.05, 3.63) is 0 Å². The number of hydrogen-bond acceptors (Lipinski definition) is 4. The standard InChI is InChI=1S/C2H6N2O2S2/c1-3(2(5)6)4(7)8/h7-8H,1H3,(H,5,6). The van der Waals surface area contributed by atoms with Crippen LogP contribution in [0.4, 0.5) is 4.79 Å². The monoisotopic (exact) mass is 154 g/mol. The number of carbonyl (C=O) groups is 1. The third-order valence-corrected chi connectivity index (χ3v) is 1.08. The highest BCUT2D eigenvalue weighted by Crippen LogP contribution is 2.00. The molecule has 0 rings (SSSR count). The van der Waals surface area contributed by atoms with Crippen molar-refractivity contribution in [3.8, 4) is 0 Å². The van der Waals surface area contributed by atoms with Gasteiger partial charge in [0.05, 0.1) is 0 Å². The van der Waals surface area contributed by atoms with E-state index in [1.54, 1.807) is 0 Å². The molecule has 0 bridgehead atoms. The van der Waals surface area contributed by atoms with Crippen LogP contribution < -0.4 is 0 Å². The first-order chi connectivity index (χ1) is 3.55. The smallest absolute Gasteiger partial charge is 0.423 e. The van der Waals surface area contributed by atoms with Gasteiger partial charge in [0.25, 0.3) is 0 Å². The average Bonchev–Trinajstić information content (AvgIpc) is 1.64. The van der Waals surface area contributed by atoms with Gasteiger partial charge in [-0.25, -0.2) is 9.80 Å². The molecule has 0 aromatic rings. The number of amides is 1. The summed E-state index contributed by atoms with van der Waals surface area (Å²) in [5, 5.41) is 8.95. The van der Waals surface area contributed by atoms with Crippen LogP contribution in [0, 0.1) is 0 Å². The largest absolute Gasteiger partial charge is 0.464 e. The van der Waals surface area contributed by atoms with Crippen LogP contribution in [0.1, 0.15) is 0 Å². The lowest BCUT2D eigenvalue weighted by atomic mass is 11.1. The minimum absolute atomic E-state index is 0.812. The van der Waals surface area contributed by atoms with Crippen molar-refractivity contribution in [3.63, 3.8) is 0 Å². The molecule has 0 aromatic carbocycles. The highest BCUT2D eigenvalue weighted by molar-refractivity contribution is 7.93. The van der Waals surface area contributed by atoms with Gasteiger partial charge in [-0.15, -0.1) is 3.82 Å². The van der Waals surface area contributed by atoms with E-state index in [-0.39, 0.29) is 0 Å². The summed E-state index contributed by atoms with van der Waals surface area (Å²) < 4.78 is 0.863. The van der Waals surface area contributed by atoms with Crippen molar-refractivity contribution in [2.75, 3.05) is 7.05 Å². The minimum Gasteiger partial charge on any atom is -0.464 e. The van der Waals surface area contributed by atoms with E-state index in [1.165, 1.54) is 7.05 Å². The summed E-state index contributed by atoms with van der Waals surface area (Å²) >= 11 is 7.15. The normalized spacial score (nSPS) is 9.50. The molecule has 1 amide bonds. The van der Waals surface area contributed by atoms with Crippen molar-refractivity contribution in [2.24, 2.45) is 0 Å². The van der Waals surface area contributed by atoms with Crippen molar-refractivity contribution in [2.45, 2.75) is 0 Å². The lowest BCUT2D eigenvalue weighted by Crippen LogP contribution is -2.30. The van der Waals surface area contributed by atoms with Gasteiger partial charge in [0.15, 0.2) is 0 Å². The van der Waals surface area contributed by atoms with Crippen LogP contribution in [0.3, 0.4) is 0 Å².